The van der Waals surface area contributed by atoms with E-state index in [-0.39, 0.29) is 80.2 Å². The number of benzene rings is 1. The molecule has 4 rings (SSSR count). The number of H-pyrrole nitrogens is 1. The van der Waals surface area contributed by atoms with Crippen LogP contribution in [-0.4, -0.2) is 180 Å². The molecule has 2 aliphatic rings. The minimum Gasteiger partial charge on any atom is -0.481 e. The molecule has 0 spiro atoms. The third-order valence-electron chi connectivity index (χ3n) is 13.5. The highest BCUT2D eigenvalue weighted by Gasteiger charge is 2.43. The lowest BCUT2D eigenvalue weighted by atomic mass is 9.85. The van der Waals surface area contributed by atoms with Gasteiger partial charge in [-0.25, -0.2) is 9.78 Å². The van der Waals surface area contributed by atoms with Crippen molar-refractivity contribution in [2.75, 3.05) is 13.1 Å². The molecule has 7 amide bonds. The number of carbonyl (C=O) groups excluding carboxylic acids is 9. The van der Waals surface area contributed by atoms with Crippen molar-refractivity contribution in [3.8, 4) is 0 Å². The lowest BCUT2D eigenvalue weighted by Gasteiger charge is -2.32. The maximum absolute atomic E-state index is 14.4. The van der Waals surface area contributed by atoms with Crippen molar-refractivity contribution in [3.63, 3.8) is 0 Å². The van der Waals surface area contributed by atoms with E-state index < -0.39 is 151 Å². The molecule has 1 fully saturated rings. The number of rotatable bonds is 32. The predicted molar refractivity (Wildman–Crippen MR) is 279 cm³/mol. The maximum Gasteiger partial charge on any atom is 0.326 e. The fraction of sp³-hybridized carbons (Fsp3) is 0.596. The SMILES string of the molecule is CC(C)C[C@H](NC(=O)[C@H](Cc1cnc[nH]1)NC(=O)[C@@H](NC1CC(=O)c2ccccc2C1=O)C(C)C)C(=O)N[C@H](C(=O)N1CCC[C@H]1C(=O)N[C@@H](CCC(=O)O)C(=O)N[C@@H](CCC(=O)O)C(=O)N[C@@H](CCCCN)C(=O)O)[C@@H](C)O. The van der Waals surface area contributed by atoms with Gasteiger partial charge >= 0.3 is 17.9 Å². The standard InChI is InChI=1S/C52H75N11O16/c1-26(2)21-36(60-47(73)37(22-29-24-54-25-55-29)61-50(76)42(27(3)4)56-35-23-39(65)30-11-6-7-12-31(30)44(35)70)48(74)62-43(28(5)64)51(77)63-20-10-14-38(63)49(75)58-33(16-18-41(68)69)45(71)57-32(15-17-40(66)67)46(72)59-34(52(78)79)13-8-9-19-53/h6-7,11-12,24-28,32-38,42-43,56,64H,8-10,13-23,53H2,1-5H3,(H,54,55)(H,57,71)(H,58,75)(H,59,72)(H,60,73)(H,61,76)(H,62,74)(H,66,67)(H,68,69)(H,78,79)/t28-,32+,33+,34+,35?,36+,37+,38+,42+,43+/m1/s1. The van der Waals surface area contributed by atoms with E-state index in [1.807, 2.05) is 0 Å². The second-order valence-electron chi connectivity index (χ2n) is 20.6. The molecule has 0 saturated carbocycles. The summed E-state index contributed by atoms with van der Waals surface area (Å²) >= 11 is 0. The van der Waals surface area contributed by atoms with Crippen molar-refractivity contribution in [3.05, 3.63) is 53.6 Å². The Balaban J connectivity index is 1.52. The third kappa shape index (κ3) is 19.0. The number of carboxylic acids is 3. The average molecular weight is 1110 g/mol. The number of hydrogen-bond donors (Lipinski definition) is 13. The Kier molecular flexibility index (Phi) is 24.7. The van der Waals surface area contributed by atoms with Crippen LogP contribution in [0.1, 0.15) is 132 Å². The number of nitrogens with one attached hydrogen (secondary N) is 8. The third-order valence-corrected chi connectivity index (χ3v) is 13.5. The molecular formula is C52H75N11O16. The highest BCUT2D eigenvalue weighted by Crippen LogP contribution is 2.24. The Morgan fingerprint density at radius 1 is 0.709 bits per heavy atom. The molecule has 27 heteroatoms. The summed E-state index contributed by atoms with van der Waals surface area (Å²) in [6.07, 6.45) is -0.660. The van der Waals surface area contributed by atoms with Crippen LogP contribution in [0, 0.1) is 11.8 Å². The summed E-state index contributed by atoms with van der Waals surface area (Å²) in [4.78, 5) is 168. The average Bonchev–Trinajstić information content (AvgIpc) is 4.11. The van der Waals surface area contributed by atoms with Crippen molar-refractivity contribution in [2.24, 2.45) is 17.6 Å². The van der Waals surface area contributed by atoms with Crippen molar-refractivity contribution < 1.29 is 78.0 Å². The Hall–Kier alpha value is -7.65. The normalized spacial score (nSPS) is 18.2. The largest absolute Gasteiger partial charge is 0.481 e. The van der Waals surface area contributed by atoms with Crippen LogP contribution >= 0.6 is 0 Å². The molecule has 0 radical (unpaired) electrons. The minimum atomic E-state index is -1.73. The van der Waals surface area contributed by atoms with Crippen molar-refractivity contribution in [1.82, 2.24) is 52.1 Å². The fourth-order valence-electron chi connectivity index (χ4n) is 9.26. The first-order valence-corrected chi connectivity index (χ1v) is 26.4. The highest BCUT2D eigenvalue weighted by atomic mass is 16.4. The van der Waals surface area contributed by atoms with Gasteiger partial charge in [0.15, 0.2) is 11.6 Å². The summed E-state index contributed by atoms with van der Waals surface area (Å²) in [6.45, 7) is 8.31. The van der Waals surface area contributed by atoms with Gasteiger partial charge in [0.2, 0.25) is 41.4 Å². The number of aromatic amines is 1. The Labute approximate surface area is 456 Å². The second-order valence-corrected chi connectivity index (χ2v) is 20.6. The number of aliphatic hydroxyl groups is 1. The summed E-state index contributed by atoms with van der Waals surface area (Å²) < 4.78 is 0. The second kappa shape index (κ2) is 30.5. The molecular weight excluding hydrogens is 1030 g/mol. The highest BCUT2D eigenvalue weighted by molar-refractivity contribution is 6.16. The summed E-state index contributed by atoms with van der Waals surface area (Å²) in [5.74, 6) is -12.1. The van der Waals surface area contributed by atoms with Gasteiger partial charge in [-0.3, -0.25) is 58.1 Å². The molecule has 2 heterocycles. The maximum atomic E-state index is 14.4. The van der Waals surface area contributed by atoms with Crippen molar-refractivity contribution in [1.29, 1.82) is 0 Å². The number of carboxylic acid groups (broad SMARTS) is 3. The van der Waals surface area contributed by atoms with Gasteiger partial charge in [-0.2, -0.15) is 0 Å². The van der Waals surface area contributed by atoms with Gasteiger partial charge in [0.05, 0.1) is 24.5 Å². The number of amides is 7. The van der Waals surface area contributed by atoms with E-state index in [2.05, 4.69) is 47.2 Å². The first-order valence-electron chi connectivity index (χ1n) is 26.4. The number of aliphatic carboxylic acids is 3. The van der Waals surface area contributed by atoms with E-state index in [1.165, 1.54) is 25.5 Å². The number of Topliss-reactive ketones (excluding diaryl/α,β-unsaturated/α-hetero) is 2. The molecule has 1 unspecified atom stereocenters. The number of carbonyl (C=O) groups is 12. The van der Waals surface area contributed by atoms with E-state index >= 15 is 0 Å². The molecule has 1 aliphatic heterocycles. The smallest absolute Gasteiger partial charge is 0.326 e. The van der Waals surface area contributed by atoms with E-state index in [0.717, 1.165) is 4.90 Å². The van der Waals surface area contributed by atoms with E-state index in [4.69, 9.17) is 5.73 Å². The van der Waals surface area contributed by atoms with Crippen LogP contribution in [0.25, 0.3) is 0 Å². The van der Waals surface area contributed by atoms with Crippen LogP contribution in [0.15, 0.2) is 36.8 Å². The number of aromatic nitrogens is 2. The number of nitrogens with zero attached hydrogens (tertiary/aromatic N) is 2. The summed E-state index contributed by atoms with van der Waals surface area (Å²) in [6, 6.07) is -6.35. The zero-order chi connectivity index (χ0) is 58.7. The van der Waals surface area contributed by atoms with Crippen LogP contribution < -0.4 is 43.0 Å². The lowest BCUT2D eigenvalue weighted by Crippen LogP contribution is -2.62. The molecule has 1 aliphatic carbocycles. The van der Waals surface area contributed by atoms with E-state index in [1.54, 1.807) is 45.9 Å². The van der Waals surface area contributed by atoms with Gasteiger partial charge in [-0.05, 0) is 76.7 Å². The molecule has 14 N–H and O–H groups in total. The number of unbranched alkanes of at least 4 members (excludes halogenated alkanes) is 1. The molecule has 10 atom stereocenters. The molecule has 1 aromatic carbocycles. The predicted octanol–water partition coefficient (Wildman–Crippen LogP) is -1.33. The quantitative estimate of drug-likeness (QED) is 0.0378. The van der Waals surface area contributed by atoms with Crippen LogP contribution in [0.3, 0.4) is 0 Å². The summed E-state index contributed by atoms with van der Waals surface area (Å²) in [7, 11) is 0. The zero-order valence-electron chi connectivity index (χ0n) is 45.0. The van der Waals surface area contributed by atoms with Crippen LogP contribution in [-0.2, 0) is 54.4 Å². The summed E-state index contributed by atoms with van der Waals surface area (Å²) in [5.41, 5.74) is 6.42. The van der Waals surface area contributed by atoms with Gasteiger partial charge in [0, 0.05) is 55.2 Å². The summed E-state index contributed by atoms with van der Waals surface area (Å²) in [5, 5.41) is 57.5. The Morgan fingerprint density at radius 2 is 1.28 bits per heavy atom. The lowest BCUT2D eigenvalue weighted by molar-refractivity contribution is -0.145. The topological polar surface area (TPSA) is 428 Å². The van der Waals surface area contributed by atoms with Crippen LogP contribution in [0.4, 0.5) is 0 Å². The van der Waals surface area contributed by atoms with Crippen molar-refractivity contribution in [2.45, 2.75) is 172 Å². The number of ketones is 2. The van der Waals surface area contributed by atoms with Gasteiger partial charge in [0.25, 0.3) is 0 Å². The monoisotopic (exact) mass is 1110 g/mol. The Morgan fingerprint density at radius 3 is 1.84 bits per heavy atom. The Bertz CT molecular complexity index is 2520. The number of imidazole rings is 1. The minimum absolute atomic E-state index is 0.00139. The van der Waals surface area contributed by atoms with Crippen molar-refractivity contribution >= 4 is 70.8 Å². The molecule has 0 bridgehead atoms. The molecule has 2 aromatic rings. The van der Waals surface area contributed by atoms with Gasteiger partial charge in [0.1, 0.15) is 42.3 Å². The molecule has 1 saturated heterocycles. The van der Waals surface area contributed by atoms with Gasteiger partial charge in [-0.15, -0.1) is 0 Å². The fourth-order valence-corrected chi connectivity index (χ4v) is 9.26. The molecule has 27 nitrogen and oxygen atoms in total. The number of nitrogens with two attached hydrogens (primary N) is 1. The van der Waals surface area contributed by atoms with Gasteiger partial charge in [-0.1, -0.05) is 52.0 Å². The number of likely N-dealkylation sites (tertiary alicyclic amines) is 1. The van der Waals surface area contributed by atoms with E-state index in [0.29, 0.717) is 18.5 Å². The first-order chi connectivity index (χ1) is 37.3. The molecule has 1 aromatic heterocycles. The van der Waals surface area contributed by atoms with Crippen LogP contribution in [0.5, 0.6) is 0 Å². The first kappa shape index (κ1) is 63.9. The molecule has 434 valence electrons. The molecule has 79 heavy (non-hydrogen) atoms. The van der Waals surface area contributed by atoms with Gasteiger partial charge < -0.3 is 67.9 Å². The zero-order valence-corrected chi connectivity index (χ0v) is 45.0. The number of aliphatic hydroxyl groups excluding tert-OH is 1. The number of hydrogen-bond acceptors (Lipinski definition) is 16. The number of fused-ring (bicyclic) bond motifs is 1. The van der Waals surface area contributed by atoms with E-state index in [9.17, 15) is 78.0 Å². The van der Waals surface area contributed by atoms with Crippen LogP contribution in [0.2, 0.25) is 0 Å².